The van der Waals surface area contributed by atoms with Crippen molar-refractivity contribution in [2.75, 3.05) is 11.9 Å². The first-order valence-electron chi connectivity index (χ1n) is 10.1. The van der Waals surface area contributed by atoms with Gasteiger partial charge >= 0.3 is 6.09 Å². The molecule has 160 valence electrons. The van der Waals surface area contributed by atoms with Crippen LogP contribution in [0.3, 0.4) is 0 Å². The molecule has 2 aromatic carbocycles. The lowest BCUT2D eigenvalue weighted by atomic mass is 10.1. The second kappa shape index (κ2) is 9.70. The number of carbonyl (C=O) groups excluding carboxylic acids is 2. The summed E-state index contributed by atoms with van der Waals surface area (Å²) in [5.41, 5.74) is 1.86. The molecule has 1 aliphatic rings. The van der Waals surface area contributed by atoms with Crippen molar-refractivity contribution in [2.24, 2.45) is 0 Å². The van der Waals surface area contributed by atoms with Gasteiger partial charge in [-0.15, -0.1) is 11.3 Å². The molecule has 8 heteroatoms. The van der Waals surface area contributed by atoms with Gasteiger partial charge in [0.15, 0.2) is 5.13 Å². The molecule has 0 unspecified atom stereocenters. The van der Waals surface area contributed by atoms with Crippen molar-refractivity contribution in [2.45, 2.75) is 31.9 Å². The predicted octanol–water partition coefficient (Wildman–Crippen LogP) is 4.61. The van der Waals surface area contributed by atoms with Gasteiger partial charge in [-0.3, -0.25) is 9.69 Å². The van der Waals surface area contributed by atoms with Crippen LogP contribution in [0.4, 0.5) is 14.3 Å². The maximum Gasteiger partial charge on any atom is 0.410 e. The number of anilines is 1. The van der Waals surface area contributed by atoms with Crippen LogP contribution in [-0.4, -0.2) is 34.5 Å². The molecule has 0 spiro atoms. The van der Waals surface area contributed by atoms with Crippen LogP contribution in [0.5, 0.6) is 0 Å². The van der Waals surface area contributed by atoms with E-state index in [1.54, 1.807) is 18.3 Å². The smallest absolute Gasteiger partial charge is 0.410 e. The highest BCUT2D eigenvalue weighted by Gasteiger charge is 2.35. The molecule has 1 N–H and O–H groups in total. The topological polar surface area (TPSA) is 71.5 Å². The number of hydrogen-bond acceptors (Lipinski definition) is 5. The fraction of sp³-hybridized carbons (Fsp3) is 0.261. The molecule has 1 saturated heterocycles. The lowest BCUT2D eigenvalue weighted by Crippen LogP contribution is -2.43. The number of amides is 2. The quantitative estimate of drug-likeness (QED) is 0.609. The number of hydrogen-bond donors (Lipinski definition) is 1. The Kier molecular flexibility index (Phi) is 6.57. The van der Waals surface area contributed by atoms with E-state index in [0.29, 0.717) is 24.5 Å². The maximum absolute atomic E-state index is 13.1. The number of nitrogens with one attached hydrogen (secondary N) is 1. The minimum absolute atomic E-state index is 0.170. The number of nitrogens with zero attached hydrogens (tertiary/aromatic N) is 2. The van der Waals surface area contributed by atoms with E-state index in [1.807, 2.05) is 30.3 Å². The Labute approximate surface area is 183 Å². The molecule has 0 saturated carbocycles. The number of aromatic nitrogens is 1. The first-order valence-corrected chi connectivity index (χ1v) is 10.9. The van der Waals surface area contributed by atoms with Gasteiger partial charge in [0.25, 0.3) is 0 Å². The number of benzene rings is 2. The molecule has 1 aromatic heterocycles. The monoisotopic (exact) mass is 439 g/mol. The van der Waals surface area contributed by atoms with Crippen molar-refractivity contribution in [1.29, 1.82) is 0 Å². The van der Waals surface area contributed by atoms with E-state index >= 15 is 0 Å². The first-order chi connectivity index (χ1) is 15.1. The van der Waals surface area contributed by atoms with Gasteiger partial charge in [-0.25, -0.2) is 14.2 Å². The number of halogens is 1. The summed E-state index contributed by atoms with van der Waals surface area (Å²) in [5, 5.41) is 3.30. The van der Waals surface area contributed by atoms with Gasteiger partial charge in [0, 0.05) is 24.0 Å². The van der Waals surface area contributed by atoms with Crippen molar-refractivity contribution in [3.63, 3.8) is 0 Å². The van der Waals surface area contributed by atoms with Crippen LogP contribution in [0.15, 0.2) is 60.8 Å². The zero-order valence-corrected chi connectivity index (χ0v) is 17.6. The molecule has 4 rings (SSSR count). The molecule has 31 heavy (non-hydrogen) atoms. The van der Waals surface area contributed by atoms with Crippen LogP contribution in [0.1, 0.15) is 28.8 Å². The van der Waals surface area contributed by atoms with Gasteiger partial charge in [-0.2, -0.15) is 0 Å². The Morgan fingerprint density at radius 2 is 1.90 bits per heavy atom. The molecule has 0 radical (unpaired) electrons. The molecule has 1 aliphatic heterocycles. The number of rotatable bonds is 6. The summed E-state index contributed by atoms with van der Waals surface area (Å²) >= 11 is 1.36. The summed E-state index contributed by atoms with van der Waals surface area (Å²) in [5.74, 6) is -0.540. The van der Waals surface area contributed by atoms with Gasteiger partial charge in [-0.1, -0.05) is 42.5 Å². The Balaban J connectivity index is 1.32. The SMILES string of the molecule is O=C(Nc1ncc(Cc2ccc(F)cc2)s1)[C@@H]1CCCN1C(=O)OCc1ccccc1. The maximum atomic E-state index is 13.1. The molecule has 1 fully saturated rings. The highest BCUT2D eigenvalue weighted by Crippen LogP contribution is 2.24. The Morgan fingerprint density at radius 3 is 2.68 bits per heavy atom. The molecule has 2 amide bonds. The van der Waals surface area contributed by atoms with Crippen LogP contribution in [0.2, 0.25) is 0 Å². The van der Waals surface area contributed by atoms with E-state index in [9.17, 15) is 14.0 Å². The van der Waals surface area contributed by atoms with Crippen molar-refractivity contribution in [3.05, 3.63) is 82.6 Å². The Hall–Kier alpha value is -3.26. The highest BCUT2D eigenvalue weighted by molar-refractivity contribution is 7.15. The average molecular weight is 440 g/mol. The Bertz CT molecular complexity index is 1040. The highest BCUT2D eigenvalue weighted by atomic mass is 32.1. The summed E-state index contributed by atoms with van der Waals surface area (Å²) in [6.07, 6.45) is 3.14. The van der Waals surface area contributed by atoms with Crippen molar-refractivity contribution >= 4 is 28.5 Å². The first kappa shape index (κ1) is 21.0. The summed E-state index contributed by atoms with van der Waals surface area (Å²) in [7, 11) is 0. The standard InChI is InChI=1S/C23H22FN3O3S/c24-18-10-8-16(9-11-18)13-19-14-25-22(31-19)26-21(28)20-7-4-12-27(20)23(29)30-15-17-5-2-1-3-6-17/h1-3,5-6,8-11,14,20H,4,7,12-13,15H2,(H,25,26,28)/t20-/m0/s1. The third-order valence-electron chi connectivity index (χ3n) is 5.07. The van der Waals surface area contributed by atoms with Crippen LogP contribution in [0.25, 0.3) is 0 Å². The van der Waals surface area contributed by atoms with E-state index in [-0.39, 0.29) is 18.3 Å². The molecular weight excluding hydrogens is 417 g/mol. The Morgan fingerprint density at radius 1 is 1.13 bits per heavy atom. The fourth-order valence-corrected chi connectivity index (χ4v) is 4.35. The number of thiazole rings is 1. The molecule has 2 heterocycles. The summed E-state index contributed by atoms with van der Waals surface area (Å²) in [6, 6.07) is 15.1. The van der Waals surface area contributed by atoms with Crippen LogP contribution in [0, 0.1) is 5.82 Å². The minimum atomic E-state index is -0.576. The molecule has 0 aliphatic carbocycles. The predicted molar refractivity (Wildman–Crippen MR) is 116 cm³/mol. The van der Waals surface area contributed by atoms with Gasteiger partial charge < -0.3 is 10.1 Å². The van der Waals surface area contributed by atoms with Crippen molar-refractivity contribution < 1.29 is 18.7 Å². The van der Waals surface area contributed by atoms with Gasteiger partial charge in [0.1, 0.15) is 18.5 Å². The third-order valence-corrected chi connectivity index (χ3v) is 5.98. The number of likely N-dealkylation sites (tertiary alicyclic amines) is 1. The van der Waals surface area contributed by atoms with Crippen LogP contribution < -0.4 is 5.32 Å². The van der Waals surface area contributed by atoms with Gasteiger partial charge in [0.05, 0.1) is 0 Å². The van der Waals surface area contributed by atoms with Crippen molar-refractivity contribution in [1.82, 2.24) is 9.88 Å². The lowest BCUT2D eigenvalue weighted by Gasteiger charge is -2.22. The van der Waals surface area contributed by atoms with Crippen LogP contribution in [-0.2, 0) is 22.6 Å². The summed E-state index contributed by atoms with van der Waals surface area (Å²) in [4.78, 5) is 32.0. The van der Waals surface area contributed by atoms with Gasteiger partial charge in [0.2, 0.25) is 5.91 Å². The van der Waals surface area contributed by atoms with E-state index in [1.165, 1.54) is 28.4 Å². The largest absolute Gasteiger partial charge is 0.445 e. The van der Waals surface area contributed by atoms with E-state index in [0.717, 1.165) is 22.4 Å². The van der Waals surface area contributed by atoms with Gasteiger partial charge in [-0.05, 0) is 36.1 Å². The van der Waals surface area contributed by atoms with E-state index < -0.39 is 12.1 Å². The molecular formula is C23H22FN3O3S. The second-order valence-corrected chi connectivity index (χ2v) is 8.43. The molecule has 3 aromatic rings. The minimum Gasteiger partial charge on any atom is -0.445 e. The fourth-order valence-electron chi connectivity index (χ4n) is 3.50. The van der Waals surface area contributed by atoms with Crippen molar-refractivity contribution in [3.8, 4) is 0 Å². The zero-order valence-electron chi connectivity index (χ0n) is 16.8. The summed E-state index contributed by atoms with van der Waals surface area (Å²) < 4.78 is 18.4. The molecule has 0 bridgehead atoms. The van der Waals surface area contributed by atoms with Crippen LogP contribution >= 0.6 is 11.3 Å². The number of ether oxygens (including phenoxy) is 1. The molecule has 6 nitrogen and oxygen atoms in total. The normalized spacial score (nSPS) is 15.6. The van der Waals surface area contributed by atoms with E-state index in [2.05, 4.69) is 10.3 Å². The average Bonchev–Trinajstić information content (AvgIpc) is 3.44. The molecule has 1 atom stereocenters. The number of carbonyl (C=O) groups is 2. The van der Waals surface area contributed by atoms with E-state index in [4.69, 9.17) is 4.74 Å². The summed E-state index contributed by atoms with van der Waals surface area (Å²) in [6.45, 7) is 0.656. The third kappa shape index (κ3) is 5.46. The lowest BCUT2D eigenvalue weighted by molar-refractivity contribution is -0.120. The second-order valence-electron chi connectivity index (χ2n) is 7.32. The zero-order chi connectivity index (χ0) is 21.6.